The van der Waals surface area contributed by atoms with Gasteiger partial charge in [-0.1, -0.05) is 54.6 Å². The molecule has 0 aliphatic carbocycles. The Kier molecular flexibility index (Phi) is 5.54. The Morgan fingerprint density at radius 1 is 0.846 bits per heavy atom. The summed E-state index contributed by atoms with van der Waals surface area (Å²) in [4.78, 5) is 12.4. The van der Waals surface area contributed by atoms with Crippen molar-refractivity contribution >= 4 is 11.6 Å². The molecule has 3 aromatic rings. The molecule has 3 aromatic carbocycles. The van der Waals surface area contributed by atoms with Gasteiger partial charge in [0.25, 0.3) is 5.91 Å². The van der Waals surface area contributed by atoms with Gasteiger partial charge < -0.3 is 14.8 Å². The highest BCUT2D eigenvalue weighted by Gasteiger charge is 2.16. The Morgan fingerprint density at radius 3 is 2.15 bits per heavy atom. The molecule has 0 saturated carbocycles. The van der Waals surface area contributed by atoms with E-state index in [0.717, 1.165) is 11.1 Å². The molecule has 4 heteroatoms. The Hall–Kier alpha value is -3.27. The third-order valence-corrected chi connectivity index (χ3v) is 4.01. The molecule has 4 nitrogen and oxygen atoms in total. The molecule has 1 amide bonds. The monoisotopic (exact) mass is 347 g/mol. The van der Waals surface area contributed by atoms with Gasteiger partial charge in [0.2, 0.25) is 0 Å². The average Bonchev–Trinajstić information content (AvgIpc) is 2.69. The van der Waals surface area contributed by atoms with E-state index in [-0.39, 0.29) is 5.91 Å². The zero-order valence-electron chi connectivity index (χ0n) is 14.8. The van der Waals surface area contributed by atoms with Crippen LogP contribution in [0.2, 0.25) is 0 Å². The second-order valence-electron chi connectivity index (χ2n) is 5.84. The van der Waals surface area contributed by atoms with Crippen LogP contribution in [0.4, 0.5) is 5.69 Å². The lowest BCUT2D eigenvalue weighted by Gasteiger charge is -2.16. The Labute approximate surface area is 153 Å². The van der Waals surface area contributed by atoms with Gasteiger partial charge >= 0.3 is 0 Å². The van der Waals surface area contributed by atoms with E-state index in [1.165, 1.54) is 0 Å². The van der Waals surface area contributed by atoms with Crippen LogP contribution in [0.15, 0.2) is 78.9 Å². The largest absolute Gasteiger partial charge is 0.495 e. The van der Waals surface area contributed by atoms with Gasteiger partial charge in [0.05, 0.1) is 12.8 Å². The molecule has 1 unspecified atom stereocenters. The predicted molar refractivity (Wildman–Crippen MR) is 104 cm³/mol. The van der Waals surface area contributed by atoms with E-state index in [0.29, 0.717) is 17.2 Å². The second kappa shape index (κ2) is 8.21. The number of para-hydroxylation sites is 2. The summed E-state index contributed by atoms with van der Waals surface area (Å²) in [5, 5.41) is 2.83. The van der Waals surface area contributed by atoms with Crippen molar-refractivity contribution in [1.29, 1.82) is 0 Å². The van der Waals surface area contributed by atoms with Gasteiger partial charge in [0.15, 0.2) is 6.10 Å². The summed E-state index contributed by atoms with van der Waals surface area (Å²) in [5.41, 5.74) is 2.86. The van der Waals surface area contributed by atoms with Gasteiger partial charge in [0, 0.05) is 0 Å². The molecule has 0 radical (unpaired) electrons. The van der Waals surface area contributed by atoms with Crippen molar-refractivity contribution in [1.82, 2.24) is 0 Å². The van der Waals surface area contributed by atoms with Crippen molar-refractivity contribution in [2.75, 3.05) is 12.4 Å². The predicted octanol–water partition coefficient (Wildman–Crippen LogP) is 4.77. The molecule has 0 aliphatic rings. The van der Waals surface area contributed by atoms with E-state index in [1.54, 1.807) is 26.2 Å². The summed E-state index contributed by atoms with van der Waals surface area (Å²) in [6, 6.07) is 25.1. The number of carbonyl (C=O) groups excluding carboxylic acids is 1. The molecular weight excluding hydrogens is 326 g/mol. The van der Waals surface area contributed by atoms with Gasteiger partial charge in [-0.2, -0.15) is 0 Å². The highest BCUT2D eigenvalue weighted by atomic mass is 16.5. The fourth-order valence-corrected chi connectivity index (χ4v) is 2.60. The van der Waals surface area contributed by atoms with Crippen LogP contribution in [0.5, 0.6) is 11.5 Å². The van der Waals surface area contributed by atoms with Gasteiger partial charge in [0.1, 0.15) is 11.5 Å². The lowest BCUT2D eigenvalue weighted by molar-refractivity contribution is -0.122. The maximum Gasteiger partial charge on any atom is 0.265 e. The van der Waals surface area contributed by atoms with Gasteiger partial charge in [-0.15, -0.1) is 0 Å². The first kappa shape index (κ1) is 17.5. The quantitative estimate of drug-likeness (QED) is 0.699. The first-order valence-corrected chi connectivity index (χ1v) is 8.43. The average molecular weight is 347 g/mol. The number of methoxy groups -OCH3 is 1. The van der Waals surface area contributed by atoms with Crippen LogP contribution in [0.1, 0.15) is 6.92 Å². The molecule has 0 aromatic heterocycles. The highest BCUT2D eigenvalue weighted by molar-refractivity contribution is 5.95. The summed E-state index contributed by atoms with van der Waals surface area (Å²) in [6.07, 6.45) is -0.637. The molecule has 3 rings (SSSR count). The van der Waals surface area contributed by atoms with Crippen molar-refractivity contribution in [3.05, 3.63) is 78.9 Å². The van der Waals surface area contributed by atoms with Crippen molar-refractivity contribution in [2.24, 2.45) is 0 Å². The number of carbonyl (C=O) groups is 1. The maximum atomic E-state index is 12.4. The molecule has 0 bridgehead atoms. The van der Waals surface area contributed by atoms with Crippen molar-refractivity contribution < 1.29 is 14.3 Å². The van der Waals surface area contributed by atoms with Gasteiger partial charge in [-0.3, -0.25) is 4.79 Å². The van der Waals surface area contributed by atoms with Crippen LogP contribution in [-0.4, -0.2) is 19.1 Å². The topological polar surface area (TPSA) is 47.6 Å². The fraction of sp³-hybridized carbons (Fsp3) is 0.136. The van der Waals surface area contributed by atoms with Crippen LogP contribution >= 0.6 is 0 Å². The van der Waals surface area contributed by atoms with Crippen LogP contribution in [0.25, 0.3) is 11.1 Å². The van der Waals surface area contributed by atoms with E-state index in [1.807, 2.05) is 54.6 Å². The molecule has 0 saturated heterocycles. The first-order chi connectivity index (χ1) is 12.7. The minimum absolute atomic E-state index is 0.235. The van der Waals surface area contributed by atoms with Crippen LogP contribution in [0.3, 0.4) is 0 Å². The van der Waals surface area contributed by atoms with Crippen LogP contribution in [-0.2, 0) is 4.79 Å². The Morgan fingerprint density at radius 2 is 1.46 bits per heavy atom. The minimum Gasteiger partial charge on any atom is -0.495 e. The van der Waals surface area contributed by atoms with Crippen molar-refractivity contribution in [2.45, 2.75) is 13.0 Å². The van der Waals surface area contributed by atoms with E-state index in [4.69, 9.17) is 9.47 Å². The molecule has 1 atom stereocenters. The summed E-state index contributed by atoms with van der Waals surface area (Å²) >= 11 is 0. The molecule has 132 valence electrons. The minimum atomic E-state index is -0.637. The van der Waals surface area contributed by atoms with E-state index in [9.17, 15) is 4.79 Å². The summed E-state index contributed by atoms with van der Waals surface area (Å²) in [7, 11) is 1.57. The number of benzene rings is 3. The maximum absolute atomic E-state index is 12.4. The second-order valence-corrected chi connectivity index (χ2v) is 5.84. The van der Waals surface area contributed by atoms with Crippen LogP contribution in [0, 0.1) is 0 Å². The van der Waals surface area contributed by atoms with Gasteiger partial charge in [-0.25, -0.2) is 0 Å². The number of hydrogen-bond donors (Lipinski definition) is 1. The molecular formula is C22H21NO3. The van der Waals surface area contributed by atoms with E-state index >= 15 is 0 Å². The zero-order chi connectivity index (χ0) is 18.4. The number of amides is 1. The fourth-order valence-electron chi connectivity index (χ4n) is 2.60. The SMILES string of the molecule is COc1ccccc1NC(=O)C(C)Oc1ccc(-c2ccccc2)cc1. The Balaban J connectivity index is 1.64. The molecule has 0 fully saturated rings. The summed E-state index contributed by atoms with van der Waals surface area (Å²) in [6.45, 7) is 1.72. The Bertz CT molecular complexity index is 860. The lowest BCUT2D eigenvalue weighted by Crippen LogP contribution is -2.30. The lowest BCUT2D eigenvalue weighted by atomic mass is 10.1. The molecule has 0 spiro atoms. The highest BCUT2D eigenvalue weighted by Crippen LogP contribution is 2.25. The van der Waals surface area contributed by atoms with Gasteiger partial charge in [-0.05, 0) is 42.3 Å². The first-order valence-electron chi connectivity index (χ1n) is 8.43. The number of nitrogens with one attached hydrogen (secondary N) is 1. The third kappa shape index (κ3) is 4.22. The molecule has 0 heterocycles. The molecule has 26 heavy (non-hydrogen) atoms. The summed E-state index contributed by atoms with van der Waals surface area (Å²) in [5.74, 6) is 1.02. The number of hydrogen-bond acceptors (Lipinski definition) is 3. The van der Waals surface area contributed by atoms with Crippen molar-refractivity contribution in [3.8, 4) is 22.6 Å². The number of ether oxygens (including phenoxy) is 2. The normalized spacial score (nSPS) is 11.5. The third-order valence-electron chi connectivity index (χ3n) is 4.01. The molecule has 1 N–H and O–H groups in total. The molecule has 0 aliphatic heterocycles. The van der Waals surface area contributed by atoms with Crippen LogP contribution < -0.4 is 14.8 Å². The van der Waals surface area contributed by atoms with Crippen molar-refractivity contribution in [3.63, 3.8) is 0 Å². The number of anilines is 1. The number of rotatable bonds is 6. The smallest absolute Gasteiger partial charge is 0.265 e. The van der Waals surface area contributed by atoms with E-state index in [2.05, 4.69) is 17.4 Å². The van der Waals surface area contributed by atoms with E-state index < -0.39 is 6.10 Å². The summed E-state index contributed by atoms with van der Waals surface area (Å²) < 4.78 is 11.0. The zero-order valence-corrected chi connectivity index (χ0v) is 14.8. The standard InChI is InChI=1S/C22H21NO3/c1-16(22(24)23-20-10-6-7-11-21(20)25-2)26-19-14-12-18(13-15-19)17-8-4-3-5-9-17/h3-16H,1-2H3,(H,23,24).